The first-order chi connectivity index (χ1) is 9.25. The van der Waals surface area contributed by atoms with Gasteiger partial charge < -0.3 is 10.5 Å². The van der Waals surface area contributed by atoms with Crippen molar-refractivity contribution in [2.24, 2.45) is 0 Å². The number of benzene rings is 1. The number of nitrogen functional groups attached to an aromatic ring is 1. The maximum absolute atomic E-state index is 6.01. The van der Waals surface area contributed by atoms with Gasteiger partial charge in [0, 0.05) is 23.7 Å². The molecule has 2 aromatic rings. The Morgan fingerprint density at radius 3 is 2.68 bits per heavy atom. The Labute approximate surface area is 117 Å². The van der Waals surface area contributed by atoms with Gasteiger partial charge >= 0.3 is 0 Å². The van der Waals surface area contributed by atoms with E-state index in [9.17, 15) is 0 Å². The van der Waals surface area contributed by atoms with Gasteiger partial charge in [0.15, 0.2) is 0 Å². The maximum atomic E-state index is 6.01. The van der Waals surface area contributed by atoms with Crippen LogP contribution in [0.25, 0.3) is 11.3 Å². The van der Waals surface area contributed by atoms with E-state index in [0.717, 1.165) is 34.8 Å². The Bertz CT molecular complexity index is 573. The number of nitrogens with zero attached hydrogens (tertiary/aromatic N) is 1. The van der Waals surface area contributed by atoms with Crippen molar-refractivity contribution in [1.29, 1.82) is 0 Å². The highest BCUT2D eigenvalue weighted by Gasteiger charge is 2.38. The fourth-order valence-corrected chi connectivity index (χ4v) is 3.84. The first-order valence-electron chi connectivity index (χ1n) is 6.61. The molecular weight excluding hydrogens is 256 g/mol. The highest BCUT2D eigenvalue weighted by Crippen LogP contribution is 2.43. The second kappa shape index (κ2) is 4.94. The summed E-state index contributed by atoms with van der Waals surface area (Å²) in [6.07, 6.45) is 4.58. The number of hydrogen-bond donors (Lipinski definition) is 1. The average molecular weight is 274 g/mol. The summed E-state index contributed by atoms with van der Waals surface area (Å²) in [5, 5.41) is 3.17. The van der Waals surface area contributed by atoms with Crippen LogP contribution >= 0.6 is 11.3 Å². The number of rotatable bonds is 3. The number of hydrogen-bond acceptors (Lipinski definition) is 4. The van der Waals surface area contributed by atoms with E-state index in [-0.39, 0.29) is 5.60 Å². The molecule has 19 heavy (non-hydrogen) atoms. The van der Waals surface area contributed by atoms with Crippen molar-refractivity contribution >= 4 is 17.0 Å². The van der Waals surface area contributed by atoms with Gasteiger partial charge in [0.05, 0.1) is 5.69 Å². The second-order valence-corrected chi connectivity index (χ2v) is 5.89. The molecule has 1 saturated carbocycles. The summed E-state index contributed by atoms with van der Waals surface area (Å²) >= 11 is 1.68. The van der Waals surface area contributed by atoms with Gasteiger partial charge in [-0.2, -0.15) is 0 Å². The highest BCUT2D eigenvalue weighted by molar-refractivity contribution is 7.10. The molecule has 3 nitrogen and oxygen atoms in total. The minimum absolute atomic E-state index is 0.160. The zero-order valence-corrected chi connectivity index (χ0v) is 11.9. The van der Waals surface area contributed by atoms with Gasteiger partial charge in [-0.05, 0) is 18.9 Å². The monoisotopic (exact) mass is 274 g/mol. The van der Waals surface area contributed by atoms with Crippen molar-refractivity contribution in [2.75, 3.05) is 12.8 Å². The third-order valence-electron chi connectivity index (χ3n) is 3.93. The quantitative estimate of drug-likeness (QED) is 0.866. The maximum Gasteiger partial charge on any atom is 0.125 e. The van der Waals surface area contributed by atoms with Crippen molar-refractivity contribution in [3.05, 3.63) is 34.7 Å². The molecule has 0 aliphatic heterocycles. The van der Waals surface area contributed by atoms with E-state index in [1.54, 1.807) is 18.4 Å². The number of anilines is 1. The lowest BCUT2D eigenvalue weighted by molar-refractivity contribution is -0.00879. The molecule has 0 bridgehead atoms. The average Bonchev–Trinajstić information content (AvgIpc) is 3.09. The molecular formula is C15H18N2OS. The van der Waals surface area contributed by atoms with Gasteiger partial charge in [0.25, 0.3) is 0 Å². The molecule has 0 amide bonds. The van der Waals surface area contributed by atoms with E-state index in [4.69, 9.17) is 15.5 Å². The minimum Gasteiger partial charge on any atom is -0.398 e. The van der Waals surface area contributed by atoms with Gasteiger partial charge in [0.1, 0.15) is 10.6 Å². The van der Waals surface area contributed by atoms with Gasteiger partial charge in [0.2, 0.25) is 0 Å². The number of nitrogens with two attached hydrogens (primary N) is 1. The first-order valence-corrected chi connectivity index (χ1v) is 7.49. The van der Waals surface area contributed by atoms with E-state index >= 15 is 0 Å². The SMILES string of the molecule is COC1(c2nc(-c3ccccc3N)cs2)CCCC1. The summed E-state index contributed by atoms with van der Waals surface area (Å²) < 4.78 is 5.78. The molecule has 1 aliphatic carbocycles. The number of methoxy groups -OCH3 is 1. The lowest BCUT2D eigenvalue weighted by Crippen LogP contribution is -2.24. The van der Waals surface area contributed by atoms with Crippen molar-refractivity contribution in [3.63, 3.8) is 0 Å². The Morgan fingerprint density at radius 1 is 1.26 bits per heavy atom. The van der Waals surface area contributed by atoms with Crippen LogP contribution in [0.4, 0.5) is 5.69 Å². The molecule has 1 aromatic carbocycles. The molecule has 0 spiro atoms. The van der Waals surface area contributed by atoms with Gasteiger partial charge in [-0.1, -0.05) is 31.0 Å². The predicted octanol–water partition coefficient (Wildman–Crippen LogP) is 3.81. The summed E-state index contributed by atoms with van der Waals surface area (Å²) in [6, 6.07) is 7.87. The van der Waals surface area contributed by atoms with Crippen LogP contribution in [0.1, 0.15) is 30.7 Å². The summed E-state index contributed by atoms with van der Waals surface area (Å²) in [4.78, 5) is 4.78. The highest BCUT2D eigenvalue weighted by atomic mass is 32.1. The Kier molecular flexibility index (Phi) is 3.29. The van der Waals surface area contributed by atoms with Crippen LogP contribution < -0.4 is 5.73 Å². The standard InChI is InChI=1S/C15H18N2OS/c1-18-15(8-4-5-9-15)14-17-13(10-19-14)11-6-2-3-7-12(11)16/h2-3,6-7,10H,4-5,8-9,16H2,1H3. The molecule has 1 fully saturated rings. The third kappa shape index (κ3) is 2.15. The van der Waals surface area contributed by atoms with Crippen LogP contribution in [0.2, 0.25) is 0 Å². The van der Waals surface area contributed by atoms with Gasteiger partial charge in [-0.25, -0.2) is 4.98 Å². The number of para-hydroxylation sites is 1. The summed E-state index contributed by atoms with van der Waals surface area (Å²) in [6.45, 7) is 0. The largest absolute Gasteiger partial charge is 0.398 e. The van der Waals surface area contributed by atoms with E-state index in [2.05, 4.69) is 5.38 Å². The van der Waals surface area contributed by atoms with Crippen LogP contribution in [-0.4, -0.2) is 12.1 Å². The molecule has 3 rings (SSSR count). The minimum atomic E-state index is -0.160. The molecule has 1 heterocycles. The molecule has 0 radical (unpaired) electrons. The van der Waals surface area contributed by atoms with E-state index in [0.29, 0.717) is 0 Å². The first kappa shape index (κ1) is 12.6. The second-order valence-electron chi connectivity index (χ2n) is 5.03. The molecule has 0 atom stereocenters. The number of ether oxygens (including phenoxy) is 1. The molecule has 1 aliphatic rings. The lowest BCUT2D eigenvalue weighted by Gasteiger charge is -2.24. The fourth-order valence-electron chi connectivity index (χ4n) is 2.79. The van der Waals surface area contributed by atoms with Crippen LogP contribution in [0.5, 0.6) is 0 Å². The zero-order valence-electron chi connectivity index (χ0n) is 11.1. The Balaban J connectivity index is 1.98. The Morgan fingerprint density at radius 2 is 2.00 bits per heavy atom. The molecule has 0 saturated heterocycles. The molecule has 0 unspecified atom stereocenters. The fraction of sp³-hybridized carbons (Fsp3) is 0.400. The van der Waals surface area contributed by atoms with Crippen LogP contribution in [0.3, 0.4) is 0 Å². The van der Waals surface area contributed by atoms with Crippen molar-refractivity contribution in [3.8, 4) is 11.3 Å². The van der Waals surface area contributed by atoms with Gasteiger partial charge in [-0.15, -0.1) is 11.3 Å². The van der Waals surface area contributed by atoms with Crippen molar-refractivity contribution in [1.82, 2.24) is 4.98 Å². The molecule has 100 valence electrons. The van der Waals surface area contributed by atoms with Crippen LogP contribution in [-0.2, 0) is 10.3 Å². The predicted molar refractivity (Wildman–Crippen MR) is 79.1 cm³/mol. The summed E-state index contributed by atoms with van der Waals surface area (Å²) in [5.41, 5.74) is 8.60. The third-order valence-corrected chi connectivity index (χ3v) is 4.96. The topological polar surface area (TPSA) is 48.1 Å². The number of aromatic nitrogens is 1. The van der Waals surface area contributed by atoms with E-state index in [1.165, 1.54) is 12.8 Å². The summed E-state index contributed by atoms with van der Waals surface area (Å²) in [5.74, 6) is 0. The zero-order chi connectivity index (χ0) is 13.3. The normalized spacial score (nSPS) is 17.7. The van der Waals surface area contributed by atoms with Crippen LogP contribution in [0.15, 0.2) is 29.6 Å². The van der Waals surface area contributed by atoms with Gasteiger partial charge in [-0.3, -0.25) is 0 Å². The van der Waals surface area contributed by atoms with Crippen molar-refractivity contribution in [2.45, 2.75) is 31.3 Å². The van der Waals surface area contributed by atoms with Crippen molar-refractivity contribution < 1.29 is 4.74 Å². The van der Waals surface area contributed by atoms with Crippen LogP contribution in [0, 0.1) is 0 Å². The molecule has 1 aromatic heterocycles. The summed E-state index contributed by atoms with van der Waals surface area (Å²) in [7, 11) is 1.79. The number of thiazole rings is 1. The lowest BCUT2D eigenvalue weighted by atomic mass is 10.0. The smallest absolute Gasteiger partial charge is 0.125 e. The van der Waals surface area contributed by atoms with E-state index < -0.39 is 0 Å². The molecule has 4 heteroatoms. The Hall–Kier alpha value is -1.39. The van der Waals surface area contributed by atoms with E-state index in [1.807, 2.05) is 24.3 Å². The molecule has 2 N–H and O–H groups in total.